The van der Waals surface area contributed by atoms with Gasteiger partial charge in [-0.25, -0.2) is 4.98 Å². The lowest BCUT2D eigenvalue weighted by Crippen LogP contribution is -2.49. The standard InChI is InChI=1S/C24H25ClN4O3S/c1-32-21-7-2-4-17(12-21)16-33-24-26-19(14-22(30)27-24)15-23(31)29-10-8-28(9-11-29)20-6-3-5-18(25)13-20/h2-7,12-14H,8-11,15-16H2,1H3,(H,26,27,30). The van der Waals surface area contributed by atoms with E-state index in [-0.39, 0.29) is 17.9 Å². The number of thioether (sulfide) groups is 1. The van der Waals surface area contributed by atoms with Crippen LogP contribution in [0.15, 0.2) is 64.5 Å². The lowest BCUT2D eigenvalue weighted by Gasteiger charge is -2.36. The molecule has 9 heteroatoms. The molecule has 7 nitrogen and oxygen atoms in total. The highest BCUT2D eigenvalue weighted by molar-refractivity contribution is 7.98. The molecule has 0 atom stereocenters. The number of halogens is 1. The number of H-pyrrole nitrogens is 1. The van der Waals surface area contributed by atoms with Crippen molar-refractivity contribution in [3.63, 3.8) is 0 Å². The molecule has 33 heavy (non-hydrogen) atoms. The van der Waals surface area contributed by atoms with Crippen molar-refractivity contribution >= 4 is 35.0 Å². The normalized spacial score (nSPS) is 13.8. The average molecular weight is 485 g/mol. The van der Waals surface area contributed by atoms with Crippen molar-refractivity contribution in [3.05, 3.63) is 81.2 Å². The molecule has 3 aromatic rings. The van der Waals surface area contributed by atoms with E-state index in [4.69, 9.17) is 16.3 Å². The smallest absolute Gasteiger partial charge is 0.251 e. The highest BCUT2D eigenvalue weighted by Gasteiger charge is 2.22. The van der Waals surface area contributed by atoms with Gasteiger partial charge in [0.05, 0.1) is 19.2 Å². The first-order chi connectivity index (χ1) is 16.0. The van der Waals surface area contributed by atoms with Gasteiger partial charge in [0.15, 0.2) is 5.16 Å². The van der Waals surface area contributed by atoms with E-state index in [1.54, 1.807) is 7.11 Å². The molecule has 1 aromatic heterocycles. The van der Waals surface area contributed by atoms with Gasteiger partial charge in [-0.05, 0) is 35.9 Å². The van der Waals surface area contributed by atoms with Crippen LogP contribution >= 0.6 is 23.4 Å². The summed E-state index contributed by atoms with van der Waals surface area (Å²) in [7, 11) is 1.63. The summed E-state index contributed by atoms with van der Waals surface area (Å²) in [5.74, 6) is 1.38. The second-order valence-corrected chi connectivity index (χ2v) is 9.11. The number of aromatic nitrogens is 2. The van der Waals surface area contributed by atoms with Crippen molar-refractivity contribution in [2.24, 2.45) is 0 Å². The number of piperazine rings is 1. The predicted octanol–water partition coefficient (Wildman–Crippen LogP) is 3.62. The van der Waals surface area contributed by atoms with Crippen molar-refractivity contribution in [1.82, 2.24) is 14.9 Å². The maximum atomic E-state index is 12.9. The van der Waals surface area contributed by atoms with Crippen LogP contribution < -0.4 is 15.2 Å². The number of carbonyl (C=O) groups excluding carboxylic acids is 1. The quantitative estimate of drug-likeness (QED) is 0.407. The van der Waals surface area contributed by atoms with Crippen LogP contribution in [0.4, 0.5) is 5.69 Å². The first-order valence-electron chi connectivity index (χ1n) is 10.6. The van der Waals surface area contributed by atoms with Gasteiger partial charge in [0.1, 0.15) is 5.75 Å². The minimum Gasteiger partial charge on any atom is -0.497 e. The topological polar surface area (TPSA) is 78.5 Å². The van der Waals surface area contributed by atoms with Gasteiger partial charge < -0.3 is 19.5 Å². The molecule has 1 N–H and O–H groups in total. The lowest BCUT2D eigenvalue weighted by molar-refractivity contribution is -0.130. The summed E-state index contributed by atoms with van der Waals surface area (Å²) in [6, 6.07) is 16.9. The van der Waals surface area contributed by atoms with E-state index in [0.717, 1.165) is 30.1 Å². The highest BCUT2D eigenvalue weighted by atomic mass is 35.5. The number of anilines is 1. The summed E-state index contributed by atoms with van der Waals surface area (Å²) in [6.45, 7) is 2.70. The Labute approximate surface area is 201 Å². The molecule has 2 aromatic carbocycles. The molecule has 1 aliphatic rings. The van der Waals surface area contributed by atoms with Gasteiger partial charge in [0, 0.05) is 48.7 Å². The van der Waals surface area contributed by atoms with Gasteiger partial charge in [-0.2, -0.15) is 0 Å². The fraction of sp³-hybridized carbons (Fsp3) is 0.292. The molecule has 0 spiro atoms. The van der Waals surface area contributed by atoms with E-state index in [1.165, 1.54) is 17.8 Å². The van der Waals surface area contributed by atoms with Gasteiger partial charge >= 0.3 is 0 Å². The van der Waals surface area contributed by atoms with Crippen LogP contribution in [0.5, 0.6) is 5.75 Å². The van der Waals surface area contributed by atoms with E-state index < -0.39 is 0 Å². The summed E-state index contributed by atoms with van der Waals surface area (Å²) in [6.07, 6.45) is 0.105. The molecule has 0 unspecified atom stereocenters. The maximum Gasteiger partial charge on any atom is 0.251 e. The molecular weight excluding hydrogens is 460 g/mol. The maximum absolute atomic E-state index is 12.9. The molecule has 1 fully saturated rings. The zero-order chi connectivity index (χ0) is 23.2. The summed E-state index contributed by atoms with van der Waals surface area (Å²) in [5, 5.41) is 1.20. The first-order valence-corrected chi connectivity index (χ1v) is 12.0. The Morgan fingerprint density at radius 1 is 1.12 bits per heavy atom. The van der Waals surface area contributed by atoms with Crippen LogP contribution in [-0.4, -0.2) is 54.1 Å². The molecule has 0 radical (unpaired) electrons. The fourth-order valence-electron chi connectivity index (χ4n) is 3.71. The van der Waals surface area contributed by atoms with Gasteiger partial charge in [0.2, 0.25) is 5.91 Å². The Morgan fingerprint density at radius 3 is 2.67 bits per heavy atom. The van der Waals surface area contributed by atoms with Crippen LogP contribution in [-0.2, 0) is 17.0 Å². The number of methoxy groups -OCH3 is 1. The SMILES string of the molecule is COc1cccc(CSc2nc(CC(=O)N3CCN(c4cccc(Cl)c4)CC3)cc(=O)[nH]2)c1. The lowest BCUT2D eigenvalue weighted by atomic mass is 10.2. The summed E-state index contributed by atoms with van der Waals surface area (Å²) in [4.78, 5) is 36.3. The number of rotatable bonds is 7. The number of carbonyl (C=O) groups is 1. The van der Waals surface area contributed by atoms with Crippen LogP contribution in [0, 0.1) is 0 Å². The second kappa shape index (κ2) is 10.8. The summed E-state index contributed by atoms with van der Waals surface area (Å²) in [5.41, 5.74) is 2.34. The fourth-order valence-corrected chi connectivity index (χ4v) is 4.73. The number of benzene rings is 2. The summed E-state index contributed by atoms with van der Waals surface area (Å²) < 4.78 is 5.25. The third-order valence-corrected chi connectivity index (χ3v) is 6.60. The average Bonchev–Trinajstić information content (AvgIpc) is 2.82. The minimum atomic E-state index is -0.258. The van der Waals surface area contributed by atoms with Crippen molar-refractivity contribution in [2.75, 3.05) is 38.2 Å². The van der Waals surface area contributed by atoms with Crippen LogP contribution in [0.1, 0.15) is 11.3 Å². The predicted molar refractivity (Wildman–Crippen MR) is 131 cm³/mol. The van der Waals surface area contributed by atoms with Gasteiger partial charge in [-0.15, -0.1) is 0 Å². The van der Waals surface area contributed by atoms with Gasteiger partial charge in [-0.3, -0.25) is 9.59 Å². The highest BCUT2D eigenvalue weighted by Crippen LogP contribution is 2.23. The van der Waals surface area contributed by atoms with Gasteiger partial charge in [-0.1, -0.05) is 41.6 Å². The number of nitrogens with one attached hydrogen (secondary N) is 1. The number of ether oxygens (including phenoxy) is 1. The molecular formula is C24H25ClN4O3S. The summed E-state index contributed by atoms with van der Waals surface area (Å²) >= 11 is 7.51. The minimum absolute atomic E-state index is 0.0254. The Hall–Kier alpha value is -2.97. The number of nitrogens with zero attached hydrogens (tertiary/aromatic N) is 3. The molecule has 1 amide bonds. The third-order valence-electron chi connectivity index (χ3n) is 5.42. The molecule has 172 valence electrons. The Morgan fingerprint density at radius 2 is 1.91 bits per heavy atom. The third kappa shape index (κ3) is 6.30. The molecule has 4 rings (SSSR count). The zero-order valence-electron chi connectivity index (χ0n) is 18.3. The number of hydrogen-bond donors (Lipinski definition) is 1. The number of aromatic amines is 1. The van der Waals surface area contributed by atoms with Crippen molar-refractivity contribution in [2.45, 2.75) is 17.3 Å². The Bertz CT molecular complexity index is 1180. The van der Waals surface area contributed by atoms with E-state index in [9.17, 15) is 9.59 Å². The number of amides is 1. The van der Waals surface area contributed by atoms with Gasteiger partial charge in [0.25, 0.3) is 5.56 Å². The van der Waals surface area contributed by atoms with E-state index in [1.807, 2.05) is 53.4 Å². The Kier molecular flexibility index (Phi) is 7.57. The van der Waals surface area contributed by atoms with Crippen molar-refractivity contribution < 1.29 is 9.53 Å². The van der Waals surface area contributed by atoms with E-state index >= 15 is 0 Å². The molecule has 1 aliphatic heterocycles. The van der Waals surface area contributed by atoms with Crippen molar-refractivity contribution in [3.8, 4) is 5.75 Å². The van der Waals surface area contributed by atoms with Crippen LogP contribution in [0.2, 0.25) is 5.02 Å². The van der Waals surface area contributed by atoms with Crippen molar-refractivity contribution in [1.29, 1.82) is 0 Å². The zero-order valence-corrected chi connectivity index (χ0v) is 19.9. The first kappa shape index (κ1) is 23.2. The Balaban J connectivity index is 1.34. The van der Waals surface area contributed by atoms with E-state index in [2.05, 4.69) is 14.9 Å². The molecule has 0 aliphatic carbocycles. The largest absolute Gasteiger partial charge is 0.497 e. The molecule has 1 saturated heterocycles. The second-order valence-electron chi connectivity index (χ2n) is 7.71. The van der Waals surface area contributed by atoms with E-state index in [0.29, 0.717) is 34.7 Å². The number of hydrogen-bond acceptors (Lipinski definition) is 6. The van der Waals surface area contributed by atoms with Crippen LogP contribution in [0.3, 0.4) is 0 Å². The van der Waals surface area contributed by atoms with Crippen LogP contribution in [0.25, 0.3) is 0 Å². The molecule has 0 bridgehead atoms. The monoisotopic (exact) mass is 484 g/mol. The molecule has 0 saturated carbocycles. The molecule has 2 heterocycles.